The third kappa shape index (κ3) is 40.9. The fourth-order valence-electron chi connectivity index (χ4n) is 6.35. The van der Waals surface area contributed by atoms with Crippen LogP contribution in [0.1, 0.15) is 226 Å². The average molecular weight is 731 g/mol. The van der Waals surface area contributed by atoms with Crippen LogP contribution in [0.3, 0.4) is 0 Å². The monoisotopic (exact) mass is 731 g/mol. The topological polar surface area (TPSA) is 61.8 Å². The molecule has 0 heterocycles. The summed E-state index contributed by atoms with van der Waals surface area (Å²) < 4.78 is 17.3. The maximum absolute atomic E-state index is 12.7. The molecule has 0 aliphatic carbocycles. The highest BCUT2D eigenvalue weighted by molar-refractivity contribution is 5.70. The van der Waals surface area contributed by atoms with E-state index in [0.717, 1.165) is 64.2 Å². The lowest BCUT2D eigenvalue weighted by Gasteiger charge is -2.18. The predicted molar refractivity (Wildman–Crippen MR) is 224 cm³/mol. The van der Waals surface area contributed by atoms with Gasteiger partial charge in [0, 0.05) is 19.4 Å². The van der Waals surface area contributed by atoms with Crippen molar-refractivity contribution in [2.24, 2.45) is 0 Å². The second-order valence-electron chi connectivity index (χ2n) is 14.9. The van der Waals surface area contributed by atoms with Crippen LogP contribution in [0.2, 0.25) is 0 Å². The molecule has 0 aliphatic heterocycles. The van der Waals surface area contributed by atoms with Gasteiger partial charge in [-0.25, -0.2) is 0 Å². The van der Waals surface area contributed by atoms with E-state index in [9.17, 15) is 9.59 Å². The summed E-state index contributed by atoms with van der Waals surface area (Å²) in [6.07, 6.45) is 50.0. The first-order chi connectivity index (χ1) is 25.6. The molecule has 0 aromatic rings. The summed E-state index contributed by atoms with van der Waals surface area (Å²) in [6, 6.07) is 0. The van der Waals surface area contributed by atoms with Crippen molar-refractivity contribution in [3.63, 3.8) is 0 Å². The second-order valence-corrected chi connectivity index (χ2v) is 14.9. The van der Waals surface area contributed by atoms with E-state index in [-0.39, 0.29) is 25.2 Å². The van der Waals surface area contributed by atoms with E-state index < -0.39 is 6.10 Å². The van der Waals surface area contributed by atoms with Gasteiger partial charge in [0.25, 0.3) is 0 Å². The Morgan fingerprint density at radius 2 is 0.865 bits per heavy atom. The fraction of sp³-hybridized carbons (Fsp3) is 0.830. The van der Waals surface area contributed by atoms with E-state index in [1.165, 1.54) is 128 Å². The predicted octanol–water partition coefficient (Wildman–Crippen LogP) is 14.7. The summed E-state index contributed by atoms with van der Waals surface area (Å²) in [5.41, 5.74) is 0. The standard InChI is InChI=1S/C47H86O5/c1-4-7-10-13-16-19-21-23-25-27-30-33-36-39-42-50-43-45(52-47(49)41-38-35-32-28-18-15-12-9-6-3)44-51-46(48)40-37-34-31-29-26-24-22-20-17-14-11-8-5-2/h7,10,16,19,23,25,45H,4-6,8-9,11-15,17-18,20-22,24,26-44H2,1-3H3/b10-7-,19-16-,25-23-. The maximum Gasteiger partial charge on any atom is 0.306 e. The molecule has 0 amide bonds. The van der Waals surface area contributed by atoms with Gasteiger partial charge < -0.3 is 14.2 Å². The van der Waals surface area contributed by atoms with Crippen LogP contribution in [-0.4, -0.2) is 37.9 Å². The smallest absolute Gasteiger partial charge is 0.306 e. The minimum absolute atomic E-state index is 0.0811. The summed E-state index contributed by atoms with van der Waals surface area (Å²) in [5, 5.41) is 0. The third-order valence-electron chi connectivity index (χ3n) is 9.69. The molecule has 5 heteroatoms. The number of hydrogen-bond acceptors (Lipinski definition) is 5. The van der Waals surface area contributed by atoms with Crippen molar-refractivity contribution in [3.05, 3.63) is 36.5 Å². The number of allylic oxidation sites excluding steroid dienone is 6. The first kappa shape index (κ1) is 50.1. The van der Waals surface area contributed by atoms with Crippen LogP contribution in [0.15, 0.2) is 36.5 Å². The van der Waals surface area contributed by atoms with Gasteiger partial charge in [-0.2, -0.15) is 0 Å². The van der Waals surface area contributed by atoms with Gasteiger partial charge in [-0.3, -0.25) is 9.59 Å². The summed E-state index contributed by atoms with van der Waals surface area (Å²) in [7, 11) is 0. The highest BCUT2D eigenvalue weighted by atomic mass is 16.6. The third-order valence-corrected chi connectivity index (χ3v) is 9.69. The number of hydrogen-bond donors (Lipinski definition) is 0. The van der Waals surface area contributed by atoms with Gasteiger partial charge >= 0.3 is 11.9 Å². The van der Waals surface area contributed by atoms with E-state index in [1.54, 1.807) is 0 Å². The van der Waals surface area contributed by atoms with Crippen LogP contribution in [0.25, 0.3) is 0 Å². The Morgan fingerprint density at radius 3 is 1.38 bits per heavy atom. The van der Waals surface area contributed by atoms with E-state index in [2.05, 4.69) is 57.2 Å². The molecule has 0 saturated heterocycles. The number of carbonyl (C=O) groups excluding carboxylic acids is 2. The Bertz CT molecular complexity index is 832. The lowest BCUT2D eigenvalue weighted by molar-refractivity contribution is -0.163. The minimum atomic E-state index is -0.538. The molecular formula is C47H86O5. The van der Waals surface area contributed by atoms with Gasteiger partial charge in [0.05, 0.1) is 6.61 Å². The molecule has 0 aromatic carbocycles. The number of carbonyl (C=O) groups is 2. The van der Waals surface area contributed by atoms with Crippen LogP contribution in [0.5, 0.6) is 0 Å². The zero-order chi connectivity index (χ0) is 37.8. The molecule has 0 aromatic heterocycles. The van der Waals surface area contributed by atoms with E-state index >= 15 is 0 Å². The molecule has 5 nitrogen and oxygen atoms in total. The zero-order valence-corrected chi connectivity index (χ0v) is 34.8. The molecule has 0 aliphatic rings. The highest BCUT2D eigenvalue weighted by Crippen LogP contribution is 2.14. The van der Waals surface area contributed by atoms with Crippen LogP contribution >= 0.6 is 0 Å². The molecule has 0 bridgehead atoms. The zero-order valence-electron chi connectivity index (χ0n) is 34.8. The number of ether oxygens (including phenoxy) is 3. The van der Waals surface area contributed by atoms with Gasteiger partial charge in [0.15, 0.2) is 6.10 Å². The Hall–Kier alpha value is -1.88. The van der Waals surface area contributed by atoms with Crippen molar-refractivity contribution >= 4 is 11.9 Å². The highest BCUT2D eigenvalue weighted by Gasteiger charge is 2.17. The molecule has 0 spiro atoms. The van der Waals surface area contributed by atoms with Crippen LogP contribution in [-0.2, 0) is 23.8 Å². The Labute approximate surface area is 323 Å². The molecule has 0 saturated carbocycles. The van der Waals surface area contributed by atoms with E-state index in [4.69, 9.17) is 14.2 Å². The van der Waals surface area contributed by atoms with E-state index in [0.29, 0.717) is 19.4 Å². The van der Waals surface area contributed by atoms with Crippen molar-refractivity contribution in [1.82, 2.24) is 0 Å². The van der Waals surface area contributed by atoms with Crippen molar-refractivity contribution in [3.8, 4) is 0 Å². The SMILES string of the molecule is CC/C=C\C/C=C\C/C=C\CCCCCCOCC(COC(=O)CCCCCCCCCCCCCCC)OC(=O)CCCCCCCCCCC. The lowest BCUT2D eigenvalue weighted by Crippen LogP contribution is -2.30. The molecule has 304 valence electrons. The van der Waals surface area contributed by atoms with Gasteiger partial charge in [0.2, 0.25) is 0 Å². The maximum atomic E-state index is 12.7. The summed E-state index contributed by atoms with van der Waals surface area (Å²) in [5.74, 6) is -0.404. The van der Waals surface area contributed by atoms with Crippen LogP contribution in [0.4, 0.5) is 0 Å². The van der Waals surface area contributed by atoms with Crippen molar-refractivity contribution in [1.29, 1.82) is 0 Å². The molecule has 0 rings (SSSR count). The van der Waals surface area contributed by atoms with Crippen molar-refractivity contribution < 1.29 is 23.8 Å². The molecular weight excluding hydrogens is 645 g/mol. The first-order valence-electron chi connectivity index (χ1n) is 22.5. The Balaban J connectivity index is 4.23. The molecule has 0 radical (unpaired) electrons. The molecule has 52 heavy (non-hydrogen) atoms. The summed E-state index contributed by atoms with van der Waals surface area (Å²) in [4.78, 5) is 25.2. The van der Waals surface area contributed by atoms with Gasteiger partial charge in [0.1, 0.15) is 6.61 Å². The van der Waals surface area contributed by atoms with Gasteiger partial charge in [-0.05, 0) is 51.4 Å². The quantitative estimate of drug-likeness (QED) is 0.0356. The number of rotatable bonds is 41. The molecule has 0 N–H and O–H groups in total. The van der Waals surface area contributed by atoms with Gasteiger partial charge in [-0.15, -0.1) is 0 Å². The molecule has 1 unspecified atom stereocenters. The molecule has 1 atom stereocenters. The Morgan fingerprint density at radius 1 is 0.442 bits per heavy atom. The summed E-state index contributed by atoms with van der Waals surface area (Å²) in [6.45, 7) is 7.67. The Kier molecular flexibility index (Phi) is 42.0. The van der Waals surface area contributed by atoms with Crippen LogP contribution < -0.4 is 0 Å². The molecule has 0 fully saturated rings. The normalized spacial score (nSPS) is 12.4. The van der Waals surface area contributed by atoms with Crippen LogP contribution in [0, 0.1) is 0 Å². The lowest BCUT2D eigenvalue weighted by atomic mass is 10.0. The second kappa shape index (κ2) is 43.5. The summed E-state index contributed by atoms with van der Waals surface area (Å²) >= 11 is 0. The fourth-order valence-corrected chi connectivity index (χ4v) is 6.35. The average Bonchev–Trinajstić information content (AvgIpc) is 3.14. The van der Waals surface area contributed by atoms with E-state index in [1.807, 2.05) is 0 Å². The number of esters is 2. The number of unbranched alkanes of at least 4 members (excludes halogenated alkanes) is 24. The minimum Gasteiger partial charge on any atom is -0.462 e. The first-order valence-corrected chi connectivity index (χ1v) is 22.5. The van der Waals surface area contributed by atoms with Crippen molar-refractivity contribution in [2.45, 2.75) is 232 Å². The van der Waals surface area contributed by atoms with Gasteiger partial charge in [-0.1, -0.05) is 198 Å². The van der Waals surface area contributed by atoms with Crippen molar-refractivity contribution in [2.75, 3.05) is 19.8 Å². The largest absolute Gasteiger partial charge is 0.462 e.